The molecule has 0 saturated carbocycles. The standard InChI is InChI=1S/C20H20N6O3/c1-12-10-15(17-13(2)24-26(3)19(17)22-12)20(27)28-9-5-7-16-23-18(25-29-16)14-6-4-8-21-11-14/h4,6,8,10-11H,5,7,9H2,1-3H3. The maximum atomic E-state index is 12.6. The van der Waals surface area contributed by atoms with E-state index in [9.17, 15) is 4.79 Å². The number of carbonyl (C=O) groups excluding carboxylic acids is 1. The number of hydrogen-bond acceptors (Lipinski definition) is 8. The molecular weight excluding hydrogens is 372 g/mol. The molecule has 0 aliphatic rings. The van der Waals surface area contributed by atoms with Crippen molar-refractivity contribution in [3.8, 4) is 11.4 Å². The summed E-state index contributed by atoms with van der Waals surface area (Å²) in [6, 6.07) is 5.41. The predicted octanol–water partition coefficient (Wildman–Crippen LogP) is 2.82. The summed E-state index contributed by atoms with van der Waals surface area (Å²) in [5.74, 6) is 0.593. The molecule has 9 nitrogen and oxygen atoms in total. The fourth-order valence-electron chi connectivity index (χ4n) is 3.17. The van der Waals surface area contributed by atoms with Gasteiger partial charge < -0.3 is 9.26 Å². The van der Waals surface area contributed by atoms with Crippen LogP contribution in [0, 0.1) is 13.8 Å². The molecule has 0 fully saturated rings. The Morgan fingerprint density at radius 2 is 2.14 bits per heavy atom. The zero-order valence-electron chi connectivity index (χ0n) is 16.4. The summed E-state index contributed by atoms with van der Waals surface area (Å²) < 4.78 is 12.4. The van der Waals surface area contributed by atoms with Crippen LogP contribution in [0.15, 0.2) is 35.1 Å². The van der Waals surface area contributed by atoms with Crippen molar-refractivity contribution in [2.75, 3.05) is 6.61 Å². The lowest BCUT2D eigenvalue weighted by molar-refractivity contribution is 0.0500. The zero-order chi connectivity index (χ0) is 20.4. The van der Waals surface area contributed by atoms with E-state index >= 15 is 0 Å². The number of nitrogens with zero attached hydrogens (tertiary/aromatic N) is 6. The Bertz CT molecular complexity index is 1170. The Hall–Kier alpha value is -3.62. The number of esters is 1. The van der Waals surface area contributed by atoms with Crippen LogP contribution in [-0.2, 0) is 18.2 Å². The fourth-order valence-corrected chi connectivity index (χ4v) is 3.17. The number of rotatable bonds is 6. The first-order valence-corrected chi connectivity index (χ1v) is 9.24. The maximum Gasteiger partial charge on any atom is 0.339 e. The smallest absolute Gasteiger partial charge is 0.339 e. The number of ether oxygens (including phenoxy) is 1. The molecule has 0 bridgehead atoms. The monoisotopic (exact) mass is 392 g/mol. The van der Waals surface area contributed by atoms with Crippen LogP contribution in [-0.4, -0.2) is 42.5 Å². The van der Waals surface area contributed by atoms with Gasteiger partial charge in [0.1, 0.15) is 0 Å². The number of carbonyl (C=O) groups is 1. The normalized spacial score (nSPS) is 11.1. The van der Waals surface area contributed by atoms with Crippen molar-refractivity contribution in [3.05, 3.63) is 53.4 Å². The molecule has 148 valence electrons. The Labute approximate surface area is 166 Å². The van der Waals surface area contributed by atoms with Crippen LogP contribution in [0.1, 0.15) is 34.1 Å². The van der Waals surface area contributed by atoms with Crippen LogP contribution in [0.4, 0.5) is 0 Å². The molecule has 0 spiro atoms. The van der Waals surface area contributed by atoms with E-state index in [1.54, 1.807) is 30.2 Å². The van der Waals surface area contributed by atoms with Crippen LogP contribution >= 0.6 is 0 Å². The van der Waals surface area contributed by atoms with E-state index in [0.29, 0.717) is 35.8 Å². The van der Waals surface area contributed by atoms with E-state index in [4.69, 9.17) is 9.26 Å². The second kappa shape index (κ2) is 7.78. The molecule has 9 heteroatoms. The molecule has 4 aromatic rings. The third-order valence-electron chi connectivity index (χ3n) is 4.47. The molecule has 4 rings (SSSR count). The fraction of sp³-hybridized carbons (Fsp3) is 0.300. The van der Waals surface area contributed by atoms with Gasteiger partial charge in [-0.2, -0.15) is 10.1 Å². The quantitative estimate of drug-likeness (QED) is 0.364. The van der Waals surface area contributed by atoms with E-state index in [-0.39, 0.29) is 6.61 Å². The Morgan fingerprint density at radius 3 is 2.93 bits per heavy atom. The van der Waals surface area contributed by atoms with Crippen LogP contribution in [0.25, 0.3) is 22.4 Å². The summed E-state index contributed by atoms with van der Waals surface area (Å²) in [6.45, 7) is 3.94. The van der Waals surface area contributed by atoms with Crippen molar-refractivity contribution in [1.29, 1.82) is 0 Å². The topological polar surface area (TPSA) is 109 Å². The molecular formula is C20H20N6O3. The summed E-state index contributed by atoms with van der Waals surface area (Å²) in [5, 5.41) is 9.03. The summed E-state index contributed by atoms with van der Waals surface area (Å²) in [4.78, 5) is 25.5. The summed E-state index contributed by atoms with van der Waals surface area (Å²) in [6.07, 6.45) is 4.44. The molecule has 0 saturated heterocycles. The molecule has 0 unspecified atom stereocenters. The third-order valence-corrected chi connectivity index (χ3v) is 4.47. The molecule has 29 heavy (non-hydrogen) atoms. The minimum absolute atomic E-state index is 0.242. The molecule has 0 amide bonds. The number of pyridine rings is 2. The van der Waals surface area contributed by atoms with E-state index in [2.05, 4.69) is 25.2 Å². The number of aryl methyl sites for hydroxylation is 4. The summed E-state index contributed by atoms with van der Waals surface area (Å²) in [7, 11) is 1.81. The number of fused-ring (bicyclic) bond motifs is 1. The lowest BCUT2D eigenvalue weighted by Gasteiger charge is -2.06. The van der Waals surface area contributed by atoms with Crippen LogP contribution < -0.4 is 0 Å². The first-order chi connectivity index (χ1) is 14.0. The first kappa shape index (κ1) is 18.7. The van der Waals surface area contributed by atoms with Gasteiger partial charge in [-0.05, 0) is 38.5 Å². The predicted molar refractivity (Wildman–Crippen MR) is 104 cm³/mol. The molecule has 4 aromatic heterocycles. The van der Waals surface area contributed by atoms with Gasteiger partial charge in [0.25, 0.3) is 0 Å². The van der Waals surface area contributed by atoms with Gasteiger partial charge >= 0.3 is 5.97 Å². The first-order valence-electron chi connectivity index (χ1n) is 9.24. The van der Waals surface area contributed by atoms with Gasteiger partial charge in [0.2, 0.25) is 11.7 Å². The van der Waals surface area contributed by atoms with Crippen LogP contribution in [0.3, 0.4) is 0 Å². The van der Waals surface area contributed by atoms with Crippen molar-refractivity contribution in [2.45, 2.75) is 26.7 Å². The number of hydrogen-bond donors (Lipinski definition) is 0. The molecule has 0 atom stereocenters. The van der Waals surface area contributed by atoms with Crippen LogP contribution in [0.5, 0.6) is 0 Å². The van der Waals surface area contributed by atoms with E-state index in [1.807, 2.05) is 26.0 Å². The van der Waals surface area contributed by atoms with Crippen molar-refractivity contribution in [3.63, 3.8) is 0 Å². The molecule has 0 N–H and O–H groups in total. The van der Waals surface area contributed by atoms with Gasteiger partial charge in [0, 0.05) is 37.1 Å². The second-order valence-corrected chi connectivity index (χ2v) is 6.71. The zero-order valence-corrected chi connectivity index (χ0v) is 16.4. The van der Waals surface area contributed by atoms with Crippen molar-refractivity contribution < 1.29 is 14.1 Å². The van der Waals surface area contributed by atoms with Gasteiger partial charge in [0.15, 0.2) is 5.65 Å². The van der Waals surface area contributed by atoms with Gasteiger partial charge in [-0.15, -0.1) is 0 Å². The maximum absolute atomic E-state index is 12.6. The minimum Gasteiger partial charge on any atom is -0.462 e. The molecule has 4 heterocycles. The van der Waals surface area contributed by atoms with Gasteiger partial charge in [0.05, 0.1) is 23.3 Å². The average molecular weight is 392 g/mol. The van der Waals surface area contributed by atoms with Gasteiger partial charge in [-0.25, -0.2) is 9.78 Å². The summed E-state index contributed by atoms with van der Waals surface area (Å²) >= 11 is 0. The highest BCUT2D eigenvalue weighted by atomic mass is 16.5. The van der Waals surface area contributed by atoms with Crippen molar-refractivity contribution in [1.82, 2.24) is 29.9 Å². The highest BCUT2D eigenvalue weighted by Gasteiger charge is 2.19. The molecule has 0 aromatic carbocycles. The third kappa shape index (κ3) is 3.84. The lowest BCUT2D eigenvalue weighted by atomic mass is 10.1. The minimum atomic E-state index is -0.391. The lowest BCUT2D eigenvalue weighted by Crippen LogP contribution is -2.09. The second-order valence-electron chi connectivity index (χ2n) is 6.71. The van der Waals surface area contributed by atoms with E-state index in [0.717, 1.165) is 22.3 Å². The van der Waals surface area contributed by atoms with Gasteiger partial charge in [-0.3, -0.25) is 9.67 Å². The Morgan fingerprint density at radius 1 is 1.28 bits per heavy atom. The Balaban J connectivity index is 1.38. The van der Waals surface area contributed by atoms with Crippen molar-refractivity contribution >= 4 is 17.0 Å². The van der Waals surface area contributed by atoms with Crippen molar-refractivity contribution in [2.24, 2.45) is 7.05 Å². The van der Waals surface area contributed by atoms with Gasteiger partial charge in [-0.1, -0.05) is 5.16 Å². The largest absolute Gasteiger partial charge is 0.462 e. The SMILES string of the molecule is Cc1cc(C(=O)OCCCc2nc(-c3cccnc3)no2)c2c(C)nn(C)c2n1. The van der Waals surface area contributed by atoms with E-state index in [1.165, 1.54) is 0 Å². The highest BCUT2D eigenvalue weighted by molar-refractivity contribution is 6.03. The number of aromatic nitrogens is 6. The average Bonchev–Trinajstić information content (AvgIpc) is 3.30. The van der Waals surface area contributed by atoms with E-state index < -0.39 is 5.97 Å². The highest BCUT2D eigenvalue weighted by Crippen LogP contribution is 2.22. The van der Waals surface area contributed by atoms with Crippen LogP contribution in [0.2, 0.25) is 0 Å². The molecule has 0 radical (unpaired) electrons. The Kier molecular flexibility index (Phi) is 5.03. The molecule has 0 aliphatic heterocycles. The molecule has 0 aliphatic carbocycles. The summed E-state index contributed by atoms with van der Waals surface area (Å²) in [5.41, 5.74) is 3.42.